The van der Waals surface area contributed by atoms with Gasteiger partial charge in [0, 0.05) is 16.9 Å². The molecule has 0 radical (unpaired) electrons. The average molecular weight is 302 g/mol. The average Bonchev–Trinajstić information content (AvgIpc) is 2.82. The van der Waals surface area contributed by atoms with Crippen LogP contribution in [0.1, 0.15) is 16.2 Å². The summed E-state index contributed by atoms with van der Waals surface area (Å²) in [6, 6.07) is 9.08. The van der Waals surface area contributed by atoms with Crippen LogP contribution in [0.15, 0.2) is 53.4 Å². The van der Waals surface area contributed by atoms with Crippen LogP contribution in [-0.2, 0) is 0 Å². The first-order valence-corrected chi connectivity index (χ1v) is 6.13. The number of hydrogen-bond donors (Lipinski definition) is 0. The molecule has 3 heterocycles. The first-order chi connectivity index (χ1) is 8.75. The number of fused-ring (bicyclic) bond motifs is 1. The molecule has 0 aliphatic rings. The smallest absolute Gasteiger partial charge is 0.229 e. The Morgan fingerprint density at radius 3 is 2.94 bits per heavy atom. The third-order valence-corrected chi connectivity index (χ3v) is 3.10. The summed E-state index contributed by atoms with van der Waals surface area (Å²) in [6.07, 6.45) is 4.98. The quantitative estimate of drug-likeness (QED) is 0.684. The first kappa shape index (κ1) is 11.1. The minimum atomic E-state index is -0.144. The van der Waals surface area contributed by atoms with E-state index >= 15 is 0 Å². The van der Waals surface area contributed by atoms with E-state index in [1.54, 1.807) is 28.9 Å². The maximum Gasteiger partial charge on any atom is 0.229 e. The molecule has 0 unspecified atom stereocenters. The Kier molecular flexibility index (Phi) is 2.68. The van der Waals surface area contributed by atoms with E-state index in [1.165, 1.54) is 0 Å². The Bertz CT molecular complexity index is 736. The molecule has 0 aliphatic carbocycles. The molecule has 0 amide bonds. The van der Waals surface area contributed by atoms with Crippen molar-refractivity contribution < 1.29 is 4.79 Å². The van der Waals surface area contributed by atoms with Crippen LogP contribution < -0.4 is 0 Å². The molecule has 0 aromatic carbocycles. The largest absolute Gasteiger partial charge is 0.297 e. The highest BCUT2D eigenvalue weighted by Crippen LogP contribution is 2.14. The van der Waals surface area contributed by atoms with Crippen LogP contribution in [-0.4, -0.2) is 20.2 Å². The molecule has 0 N–H and O–H groups in total. The van der Waals surface area contributed by atoms with Gasteiger partial charge in [0.1, 0.15) is 17.0 Å². The summed E-state index contributed by atoms with van der Waals surface area (Å²) >= 11 is 3.33. The van der Waals surface area contributed by atoms with Crippen molar-refractivity contribution in [1.29, 1.82) is 0 Å². The molecular formula is C13H8BrN3O. The lowest BCUT2D eigenvalue weighted by Crippen LogP contribution is -2.06. The highest BCUT2D eigenvalue weighted by atomic mass is 79.9. The molecule has 0 aliphatic heterocycles. The van der Waals surface area contributed by atoms with Crippen LogP contribution in [0.4, 0.5) is 0 Å². The van der Waals surface area contributed by atoms with Gasteiger partial charge in [0.15, 0.2) is 0 Å². The predicted molar refractivity (Wildman–Crippen MR) is 70.6 cm³/mol. The number of hydrogen-bond acceptors (Lipinski definition) is 3. The normalized spacial score (nSPS) is 10.7. The van der Waals surface area contributed by atoms with Crippen molar-refractivity contribution in [3.8, 4) is 0 Å². The number of nitrogens with zero attached hydrogens (tertiary/aromatic N) is 3. The molecule has 0 bridgehead atoms. The third kappa shape index (κ3) is 1.82. The van der Waals surface area contributed by atoms with Gasteiger partial charge in [-0.05, 0) is 24.3 Å². The van der Waals surface area contributed by atoms with Gasteiger partial charge in [0.25, 0.3) is 0 Å². The number of pyridine rings is 2. The Balaban J connectivity index is 2.12. The van der Waals surface area contributed by atoms with E-state index in [1.807, 2.05) is 24.4 Å². The zero-order valence-electron chi connectivity index (χ0n) is 9.25. The lowest BCUT2D eigenvalue weighted by molar-refractivity contribution is 0.102. The lowest BCUT2D eigenvalue weighted by atomic mass is 10.2. The van der Waals surface area contributed by atoms with E-state index in [0.717, 1.165) is 10.1 Å². The van der Waals surface area contributed by atoms with E-state index in [9.17, 15) is 4.79 Å². The fourth-order valence-corrected chi connectivity index (χ4v) is 2.10. The summed E-state index contributed by atoms with van der Waals surface area (Å²) in [5.74, 6) is -0.144. The lowest BCUT2D eigenvalue weighted by Gasteiger charge is -2.00. The maximum absolute atomic E-state index is 12.3. The standard InChI is InChI=1S/C13H8BrN3O/c14-9-4-5-15-10(7-9)13(18)11-8-16-12-3-1-2-6-17(11)12/h1-8H. The zero-order valence-corrected chi connectivity index (χ0v) is 10.8. The van der Waals surface area contributed by atoms with Gasteiger partial charge in [-0.2, -0.15) is 0 Å². The van der Waals surface area contributed by atoms with Crippen molar-refractivity contribution in [3.63, 3.8) is 0 Å². The second kappa shape index (κ2) is 4.34. The van der Waals surface area contributed by atoms with Gasteiger partial charge in [-0.3, -0.25) is 14.2 Å². The number of carbonyl (C=O) groups is 1. The van der Waals surface area contributed by atoms with Crippen LogP contribution in [0.5, 0.6) is 0 Å². The van der Waals surface area contributed by atoms with Gasteiger partial charge < -0.3 is 0 Å². The Morgan fingerprint density at radius 2 is 2.11 bits per heavy atom. The number of aromatic nitrogens is 3. The number of rotatable bonds is 2. The zero-order chi connectivity index (χ0) is 12.5. The van der Waals surface area contributed by atoms with E-state index in [0.29, 0.717) is 11.4 Å². The summed E-state index contributed by atoms with van der Waals surface area (Å²) in [5.41, 5.74) is 1.65. The monoisotopic (exact) mass is 301 g/mol. The molecule has 88 valence electrons. The van der Waals surface area contributed by atoms with Crippen molar-refractivity contribution >= 4 is 27.4 Å². The minimum absolute atomic E-state index is 0.144. The Labute approximate surface area is 111 Å². The van der Waals surface area contributed by atoms with Gasteiger partial charge in [-0.15, -0.1) is 0 Å². The van der Waals surface area contributed by atoms with Gasteiger partial charge in [-0.25, -0.2) is 4.98 Å². The molecule has 5 heteroatoms. The SMILES string of the molecule is O=C(c1cc(Br)ccn1)c1cnc2ccccn12. The van der Waals surface area contributed by atoms with Crippen LogP contribution in [0, 0.1) is 0 Å². The van der Waals surface area contributed by atoms with Gasteiger partial charge in [0.05, 0.1) is 6.20 Å². The fourth-order valence-electron chi connectivity index (χ4n) is 1.76. The van der Waals surface area contributed by atoms with Crippen LogP contribution in [0.2, 0.25) is 0 Å². The molecule has 0 saturated heterocycles. The molecule has 0 saturated carbocycles. The topological polar surface area (TPSA) is 47.3 Å². The highest BCUT2D eigenvalue weighted by Gasteiger charge is 2.15. The number of imidazole rings is 1. The Morgan fingerprint density at radius 1 is 1.22 bits per heavy atom. The molecule has 4 nitrogen and oxygen atoms in total. The van der Waals surface area contributed by atoms with Crippen LogP contribution in [0.3, 0.4) is 0 Å². The summed E-state index contributed by atoms with van der Waals surface area (Å²) < 4.78 is 2.58. The first-order valence-electron chi connectivity index (χ1n) is 5.34. The van der Waals surface area contributed by atoms with E-state index < -0.39 is 0 Å². The molecule has 0 atom stereocenters. The van der Waals surface area contributed by atoms with E-state index in [-0.39, 0.29) is 5.78 Å². The molecule has 3 aromatic heterocycles. The van der Waals surface area contributed by atoms with Gasteiger partial charge in [0.2, 0.25) is 5.78 Å². The molecule has 0 spiro atoms. The van der Waals surface area contributed by atoms with Crippen molar-refractivity contribution in [1.82, 2.24) is 14.4 Å². The summed E-state index contributed by atoms with van der Waals surface area (Å²) in [5, 5.41) is 0. The van der Waals surface area contributed by atoms with Crippen molar-refractivity contribution in [3.05, 3.63) is 64.8 Å². The van der Waals surface area contributed by atoms with Crippen molar-refractivity contribution in [2.45, 2.75) is 0 Å². The summed E-state index contributed by atoms with van der Waals surface area (Å²) in [4.78, 5) is 20.6. The maximum atomic E-state index is 12.3. The van der Waals surface area contributed by atoms with Crippen LogP contribution >= 0.6 is 15.9 Å². The fraction of sp³-hybridized carbons (Fsp3) is 0. The van der Waals surface area contributed by atoms with Gasteiger partial charge >= 0.3 is 0 Å². The second-order valence-corrected chi connectivity index (χ2v) is 4.68. The van der Waals surface area contributed by atoms with E-state index in [4.69, 9.17) is 0 Å². The molecule has 0 fully saturated rings. The van der Waals surface area contributed by atoms with Crippen molar-refractivity contribution in [2.75, 3.05) is 0 Å². The molecular weight excluding hydrogens is 294 g/mol. The molecule has 3 rings (SSSR count). The van der Waals surface area contributed by atoms with Crippen molar-refractivity contribution in [2.24, 2.45) is 0 Å². The van der Waals surface area contributed by atoms with Gasteiger partial charge in [-0.1, -0.05) is 22.0 Å². The second-order valence-electron chi connectivity index (χ2n) is 3.76. The predicted octanol–water partition coefficient (Wildman–Crippen LogP) is 2.72. The third-order valence-electron chi connectivity index (χ3n) is 2.60. The van der Waals surface area contributed by atoms with Crippen LogP contribution in [0.25, 0.3) is 5.65 Å². The Hall–Kier alpha value is -2.01. The number of carbonyl (C=O) groups excluding carboxylic acids is 1. The number of halogens is 1. The molecule has 3 aromatic rings. The minimum Gasteiger partial charge on any atom is -0.297 e. The summed E-state index contributed by atoms with van der Waals surface area (Å²) in [6.45, 7) is 0. The highest BCUT2D eigenvalue weighted by molar-refractivity contribution is 9.10. The summed E-state index contributed by atoms with van der Waals surface area (Å²) in [7, 11) is 0. The molecule has 18 heavy (non-hydrogen) atoms. The van der Waals surface area contributed by atoms with E-state index in [2.05, 4.69) is 25.9 Å². The number of ketones is 1.